The minimum atomic E-state index is -0.999. The molecule has 7 nitrogen and oxygen atoms in total. The van der Waals surface area contributed by atoms with Gasteiger partial charge >= 0.3 is 5.97 Å². The van der Waals surface area contributed by atoms with Crippen LogP contribution in [0.2, 0.25) is 0 Å². The summed E-state index contributed by atoms with van der Waals surface area (Å²) >= 11 is 0. The van der Waals surface area contributed by atoms with Crippen molar-refractivity contribution in [2.24, 2.45) is 0 Å². The molecule has 0 fully saturated rings. The van der Waals surface area contributed by atoms with Crippen LogP contribution in [0, 0.1) is 0 Å². The molecule has 2 aromatic heterocycles. The second-order valence-corrected chi connectivity index (χ2v) is 3.03. The van der Waals surface area contributed by atoms with Crippen LogP contribution in [0.5, 0.6) is 0 Å². The van der Waals surface area contributed by atoms with Crippen LogP contribution in [0.25, 0.3) is 0 Å². The van der Waals surface area contributed by atoms with Gasteiger partial charge in [-0.05, 0) is 0 Å². The van der Waals surface area contributed by atoms with Crippen molar-refractivity contribution in [1.82, 2.24) is 19.6 Å². The highest BCUT2D eigenvalue weighted by Gasteiger charge is 2.05. The van der Waals surface area contributed by atoms with E-state index < -0.39 is 5.97 Å². The third kappa shape index (κ3) is 1.96. The summed E-state index contributed by atoms with van der Waals surface area (Å²) in [6, 6.07) is 0. The number of anilines is 1. The van der Waals surface area contributed by atoms with E-state index in [4.69, 9.17) is 10.8 Å². The average molecular weight is 207 g/mol. The molecule has 0 atom stereocenters. The van der Waals surface area contributed by atoms with Crippen LogP contribution in [0.15, 0.2) is 24.8 Å². The lowest BCUT2D eigenvalue weighted by Gasteiger charge is -1.99. The molecule has 0 radical (unpaired) electrons. The molecule has 0 saturated heterocycles. The quantitative estimate of drug-likeness (QED) is 0.730. The van der Waals surface area contributed by atoms with Crippen LogP contribution in [0.3, 0.4) is 0 Å². The highest BCUT2D eigenvalue weighted by Crippen LogP contribution is 2.00. The SMILES string of the molecule is Nc1cnn(Cn2cc(C(=O)O)cn2)c1. The number of carbonyl (C=O) groups is 1. The van der Waals surface area contributed by atoms with Crippen LogP contribution in [-0.4, -0.2) is 30.6 Å². The zero-order valence-electron chi connectivity index (χ0n) is 7.74. The van der Waals surface area contributed by atoms with Crippen LogP contribution in [0.1, 0.15) is 10.4 Å². The van der Waals surface area contributed by atoms with Gasteiger partial charge < -0.3 is 10.8 Å². The molecule has 0 spiro atoms. The van der Waals surface area contributed by atoms with Crippen LogP contribution < -0.4 is 5.73 Å². The fraction of sp³-hybridized carbons (Fsp3) is 0.125. The second-order valence-electron chi connectivity index (χ2n) is 3.03. The van der Waals surface area contributed by atoms with Crippen molar-refractivity contribution in [3.05, 3.63) is 30.4 Å². The van der Waals surface area contributed by atoms with Gasteiger partial charge in [-0.3, -0.25) is 4.68 Å². The molecule has 0 aliphatic heterocycles. The number of rotatable bonds is 3. The molecule has 0 aliphatic rings. The van der Waals surface area contributed by atoms with Crippen molar-refractivity contribution >= 4 is 11.7 Å². The van der Waals surface area contributed by atoms with E-state index in [1.807, 2.05) is 0 Å². The van der Waals surface area contributed by atoms with Gasteiger partial charge in [0.1, 0.15) is 6.67 Å². The lowest BCUT2D eigenvalue weighted by atomic mass is 10.4. The Labute approximate surface area is 84.7 Å². The first-order chi connectivity index (χ1) is 7.15. The summed E-state index contributed by atoms with van der Waals surface area (Å²) < 4.78 is 3.03. The van der Waals surface area contributed by atoms with Gasteiger partial charge in [-0.15, -0.1) is 0 Å². The number of nitrogens with two attached hydrogens (primary N) is 1. The Kier molecular flexibility index (Phi) is 2.13. The summed E-state index contributed by atoms with van der Waals surface area (Å²) in [7, 11) is 0. The summed E-state index contributed by atoms with van der Waals surface area (Å²) in [5.41, 5.74) is 6.18. The maximum Gasteiger partial charge on any atom is 0.338 e. The maximum atomic E-state index is 10.6. The smallest absolute Gasteiger partial charge is 0.338 e. The highest BCUT2D eigenvalue weighted by molar-refractivity contribution is 5.86. The third-order valence-corrected chi connectivity index (χ3v) is 1.82. The topological polar surface area (TPSA) is 99.0 Å². The van der Waals surface area contributed by atoms with E-state index in [9.17, 15) is 4.79 Å². The predicted molar refractivity (Wildman–Crippen MR) is 51.2 cm³/mol. The molecule has 2 aromatic rings. The lowest BCUT2D eigenvalue weighted by molar-refractivity contribution is 0.0696. The van der Waals surface area contributed by atoms with Gasteiger partial charge in [-0.2, -0.15) is 10.2 Å². The molecule has 2 heterocycles. The Morgan fingerprint density at radius 2 is 2.00 bits per heavy atom. The monoisotopic (exact) mass is 207 g/mol. The zero-order chi connectivity index (χ0) is 10.8. The number of aromatic nitrogens is 4. The van der Waals surface area contributed by atoms with Gasteiger partial charge in [0.25, 0.3) is 0 Å². The fourth-order valence-electron chi connectivity index (χ4n) is 1.16. The van der Waals surface area contributed by atoms with Crippen molar-refractivity contribution in [2.75, 3.05) is 5.73 Å². The number of aromatic carboxylic acids is 1. The molecule has 2 rings (SSSR count). The average Bonchev–Trinajstić information content (AvgIpc) is 2.76. The molecular weight excluding hydrogens is 198 g/mol. The first-order valence-corrected chi connectivity index (χ1v) is 4.19. The Hall–Kier alpha value is -2.31. The number of carboxylic acid groups (broad SMARTS) is 1. The minimum absolute atomic E-state index is 0.148. The number of hydrogen-bond donors (Lipinski definition) is 2. The summed E-state index contributed by atoms with van der Waals surface area (Å²) in [5, 5.41) is 16.5. The first kappa shape index (κ1) is 9.25. The molecule has 78 valence electrons. The van der Waals surface area contributed by atoms with E-state index in [1.165, 1.54) is 23.3 Å². The van der Waals surface area contributed by atoms with Crippen LogP contribution >= 0.6 is 0 Å². The summed E-state index contributed by atoms with van der Waals surface area (Å²) in [6.07, 6.45) is 5.87. The minimum Gasteiger partial charge on any atom is -0.478 e. The van der Waals surface area contributed by atoms with Crippen molar-refractivity contribution in [3.63, 3.8) is 0 Å². The molecular formula is C8H9N5O2. The van der Waals surface area contributed by atoms with Gasteiger partial charge in [-0.1, -0.05) is 0 Å². The largest absolute Gasteiger partial charge is 0.478 e. The normalized spacial score (nSPS) is 10.4. The molecule has 7 heteroatoms. The van der Waals surface area contributed by atoms with Crippen LogP contribution in [-0.2, 0) is 6.67 Å². The van der Waals surface area contributed by atoms with Gasteiger partial charge in [0.2, 0.25) is 0 Å². The van der Waals surface area contributed by atoms with E-state index in [1.54, 1.807) is 10.9 Å². The van der Waals surface area contributed by atoms with E-state index >= 15 is 0 Å². The van der Waals surface area contributed by atoms with Gasteiger partial charge in [-0.25, -0.2) is 9.48 Å². The molecule has 15 heavy (non-hydrogen) atoms. The van der Waals surface area contributed by atoms with Crippen molar-refractivity contribution in [1.29, 1.82) is 0 Å². The van der Waals surface area contributed by atoms with Crippen molar-refractivity contribution < 1.29 is 9.90 Å². The predicted octanol–water partition coefficient (Wildman–Crippen LogP) is -0.134. The molecule has 0 aromatic carbocycles. The van der Waals surface area contributed by atoms with Crippen LogP contribution in [0.4, 0.5) is 5.69 Å². The number of carboxylic acids is 1. The van der Waals surface area contributed by atoms with E-state index in [0.29, 0.717) is 12.4 Å². The Morgan fingerprint density at radius 3 is 2.53 bits per heavy atom. The van der Waals surface area contributed by atoms with Gasteiger partial charge in [0.05, 0.1) is 29.8 Å². The van der Waals surface area contributed by atoms with E-state index in [-0.39, 0.29) is 5.56 Å². The van der Waals surface area contributed by atoms with Crippen molar-refractivity contribution in [2.45, 2.75) is 6.67 Å². The van der Waals surface area contributed by atoms with Gasteiger partial charge in [0, 0.05) is 6.20 Å². The summed E-state index contributed by atoms with van der Waals surface area (Å²) in [5.74, 6) is -0.999. The number of hydrogen-bond acceptors (Lipinski definition) is 4. The Balaban J connectivity index is 2.14. The second kappa shape index (κ2) is 3.45. The molecule has 0 amide bonds. The standard InChI is InChI=1S/C8H9N5O2/c9-7-2-11-13(4-7)5-12-3-6(1-10-12)8(14)15/h1-4H,5,9H2,(H,14,15). The third-order valence-electron chi connectivity index (χ3n) is 1.82. The first-order valence-electron chi connectivity index (χ1n) is 4.19. The van der Waals surface area contributed by atoms with E-state index in [0.717, 1.165) is 0 Å². The molecule has 3 N–H and O–H groups in total. The molecule has 0 aliphatic carbocycles. The maximum absolute atomic E-state index is 10.6. The van der Waals surface area contributed by atoms with E-state index in [2.05, 4.69) is 10.2 Å². The Morgan fingerprint density at radius 1 is 1.33 bits per heavy atom. The van der Waals surface area contributed by atoms with Crippen molar-refractivity contribution in [3.8, 4) is 0 Å². The summed E-state index contributed by atoms with van der Waals surface area (Å²) in [6.45, 7) is 0.338. The number of nitrogen functional groups attached to an aromatic ring is 1. The molecule has 0 bridgehead atoms. The Bertz CT molecular complexity index is 487. The highest BCUT2D eigenvalue weighted by atomic mass is 16.4. The molecule has 0 saturated carbocycles. The lowest BCUT2D eigenvalue weighted by Crippen LogP contribution is -2.08. The fourth-order valence-corrected chi connectivity index (χ4v) is 1.16. The zero-order valence-corrected chi connectivity index (χ0v) is 7.74. The van der Waals surface area contributed by atoms with Gasteiger partial charge in [0.15, 0.2) is 0 Å². The summed E-state index contributed by atoms with van der Waals surface area (Å²) in [4.78, 5) is 10.6. The number of nitrogens with zero attached hydrogens (tertiary/aromatic N) is 4. The molecule has 0 unspecified atom stereocenters.